The third kappa shape index (κ3) is 5.95. The molecule has 9 nitrogen and oxygen atoms in total. The maximum absolute atomic E-state index is 6.96. The number of halogens is 1. The zero-order chi connectivity index (χ0) is 22.3. The van der Waals surface area contributed by atoms with Crippen molar-refractivity contribution in [3.8, 4) is 11.3 Å². The second-order valence-electron chi connectivity index (χ2n) is 6.25. The Morgan fingerprint density at radius 1 is 1.03 bits per heavy atom. The van der Waals surface area contributed by atoms with Crippen LogP contribution in [0.2, 0.25) is 5.02 Å². The molecule has 0 fully saturated rings. The Bertz CT molecular complexity index is 1040. The summed E-state index contributed by atoms with van der Waals surface area (Å²) in [5.74, 6) is 0.258. The van der Waals surface area contributed by atoms with Gasteiger partial charge in [-0.1, -0.05) is 23.7 Å². The second kappa shape index (κ2) is 10.3. The summed E-state index contributed by atoms with van der Waals surface area (Å²) in [7, 11) is 0. The summed E-state index contributed by atoms with van der Waals surface area (Å²) in [4.78, 5) is 14.4. The minimum Gasteiger partial charge on any atom is -0.399 e. The Balaban J connectivity index is 0.000000343. The molecule has 0 saturated carbocycles. The summed E-state index contributed by atoms with van der Waals surface area (Å²) in [6.45, 7) is 5.60. The topological polar surface area (TPSA) is 169 Å². The molecule has 0 amide bonds. The minimum atomic E-state index is -0.100. The Labute approximate surface area is 180 Å². The highest BCUT2D eigenvalue weighted by Gasteiger charge is 2.10. The van der Waals surface area contributed by atoms with Gasteiger partial charge in [0.25, 0.3) is 5.95 Å². The zero-order valence-electron chi connectivity index (χ0n) is 16.9. The van der Waals surface area contributed by atoms with Crippen LogP contribution in [0.4, 0.5) is 11.6 Å². The fourth-order valence-corrected chi connectivity index (χ4v) is 2.85. The molecule has 158 valence electrons. The van der Waals surface area contributed by atoms with Gasteiger partial charge in [-0.15, -0.1) is 0 Å². The fourth-order valence-electron chi connectivity index (χ4n) is 2.68. The molecule has 1 heterocycles. The molecule has 9 N–H and O–H groups in total. The van der Waals surface area contributed by atoms with Crippen molar-refractivity contribution in [3.63, 3.8) is 0 Å². The maximum Gasteiger partial charge on any atom is 0.253 e. The number of aliphatic imine (C=N–C) groups is 1. The number of nitrogens with zero attached hydrogens (tertiary/aromatic N) is 4. The maximum atomic E-state index is 6.96. The standard InChI is InChI=1S/C15H13ClN6.C5H13N3/c16-9-3-6-12-11(7-9)13(8-1-4-10(17)5-2-8)21-15(20-12)22-14(18)19;1-3-8(4-2)5(6)7/h1-7H,17H2,(H4,18,19,20,21,22);3-4H2,1-2H3,(H3,6,7). The van der Waals surface area contributed by atoms with Crippen molar-refractivity contribution in [2.24, 2.45) is 22.2 Å². The van der Waals surface area contributed by atoms with Gasteiger partial charge in [0.2, 0.25) is 0 Å². The molecule has 0 atom stereocenters. The molecule has 0 spiro atoms. The van der Waals surface area contributed by atoms with Gasteiger partial charge in [0.05, 0.1) is 11.2 Å². The van der Waals surface area contributed by atoms with E-state index in [-0.39, 0.29) is 17.9 Å². The summed E-state index contributed by atoms with van der Waals surface area (Å²) in [6, 6.07) is 12.7. The van der Waals surface area contributed by atoms with Crippen molar-refractivity contribution >= 4 is 46.1 Å². The molecule has 1 aromatic heterocycles. The highest BCUT2D eigenvalue weighted by Crippen LogP contribution is 2.30. The first-order valence-electron chi connectivity index (χ1n) is 9.27. The highest BCUT2D eigenvalue weighted by molar-refractivity contribution is 6.31. The number of nitrogens with one attached hydrogen (secondary N) is 1. The quantitative estimate of drug-likeness (QED) is 0.242. The van der Waals surface area contributed by atoms with Gasteiger partial charge in [0, 0.05) is 34.7 Å². The zero-order valence-corrected chi connectivity index (χ0v) is 17.7. The van der Waals surface area contributed by atoms with Crippen molar-refractivity contribution in [2.45, 2.75) is 13.8 Å². The lowest BCUT2D eigenvalue weighted by molar-refractivity contribution is 0.457. The van der Waals surface area contributed by atoms with E-state index in [0.717, 1.165) is 24.0 Å². The Morgan fingerprint density at radius 2 is 1.67 bits per heavy atom. The van der Waals surface area contributed by atoms with Gasteiger partial charge in [-0.3, -0.25) is 5.41 Å². The molecule has 0 aliphatic rings. The number of benzene rings is 2. The van der Waals surface area contributed by atoms with Crippen LogP contribution in [0.1, 0.15) is 13.8 Å². The average molecular weight is 428 g/mol. The van der Waals surface area contributed by atoms with Gasteiger partial charge in [-0.2, -0.15) is 4.99 Å². The number of hydrogen-bond donors (Lipinski definition) is 5. The van der Waals surface area contributed by atoms with Crippen LogP contribution in [-0.2, 0) is 0 Å². The smallest absolute Gasteiger partial charge is 0.253 e. The SMILES string of the molecule is CCN(CC)C(=N)N.NC(N)=Nc1nc(-c2ccc(N)cc2)c2cc(Cl)ccc2n1. The Kier molecular flexibility index (Phi) is 7.76. The lowest BCUT2D eigenvalue weighted by Crippen LogP contribution is -2.35. The van der Waals surface area contributed by atoms with Crippen LogP contribution in [0.15, 0.2) is 47.5 Å². The predicted molar refractivity (Wildman–Crippen MR) is 125 cm³/mol. The molecule has 3 rings (SSSR count). The number of nitrogens with two attached hydrogens (primary N) is 4. The number of anilines is 1. The van der Waals surface area contributed by atoms with Crippen LogP contribution in [0.25, 0.3) is 22.2 Å². The number of hydrogen-bond acceptors (Lipinski definition) is 5. The Hall–Kier alpha value is -3.59. The van der Waals surface area contributed by atoms with Crippen molar-refractivity contribution in [2.75, 3.05) is 18.8 Å². The largest absolute Gasteiger partial charge is 0.399 e. The summed E-state index contributed by atoms with van der Waals surface area (Å²) in [6.07, 6.45) is 0. The van der Waals surface area contributed by atoms with Crippen LogP contribution in [0.5, 0.6) is 0 Å². The summed E-state index contributed by atoms with van der Waals surface area (Å²) in [5.41, 5.74) is 24.6. The van der Waals surface area contributed by atoms with Gasteiger partial charge in [0.15, 0.2) is 11.9 Å². The van der Waals surface area contributed by atoms with Gasteiger partial charge in [0.1, 0.15) is 0 Å². The molecule has 0 aliphatic carbocycles. The van der Waals surface area contributed by atoms with E-state index < -0.39 is 0 Å². The summed E-state index contributed by atoms with van der Waals surface area (Å²) in [5, 5.41) is 8.37. The molecule has 2 aromatic carbocycles. The van der Waals surface area contributed by atoms with Gasteiger partial charge in [-0.05, 0) is 44.2 Å². The second-order valence-corrected chi connectivity index (χ2v) is 6.69. The van der Waals surface area contributed by atoms with Crippen molar-refractivity contribution in [1.82, 2.24) is 14.9 Å². The molecule has 0 radical (unpaired) electrons. The summed E-state index contributed by atoms with van der Waals surface area (Å²) < 4.78 is 0. The van der Waals surface area contributed by atoms with Gasteiger partial charge < -0.3 is 27.8 Å². The predicted octanol–water partition coefficient (Wildman–Crippen LogP) is 2.66. The molecule has 30 heavy (non-hydrogen) atoms. The lowest BCUT2D eigenvalue weighted by atomic mass is 10.1. The first kappa shape index (κ1) is 22.7. The molecule has 0 aliphatic heterocycles. The molecule has 0 unspecified atom stereocenters. The minimum absolute atomic E-state index is 0.100. The Morgan fingerprint density at radius 3 is 2.17 bits per heavy atom. The van der Waals surface area contributed by atoms with Crippen molar-refractivity contribution < 1.29 is 0 Å². The monoisotopic (exact) mass is 427 g/mol. The number of fused-ring (bicyclic) bond motifs is 1. The van der Waals surface area contributed by atoms with Crippen molar-refractivity contribution in [3.05, 3.63) is 47.5 Å². The van der Waals surface area contributed by atoms with Crippen LogP contribution < -0.4 is 22.9 Å². The number of rotatable bonds is 4. The third-order valence-corrected chi connectivity index (χ3v) is 4.40. The van der Waals surface area contributed by atoms with E-state index in [4.69, 9.17) is 39.9 Å². The average Bonchev–Trinajstić information content (AvgIpc) is 2.69. The first-order valence-corrected chi connectivity index (χ1v) is 9.64. The van der Waals surface area contributed by atoms with Crippen LogP contribution in [0.3, 0.4) is 0 Å². The highest BCUT2D eigenvalue weighted by atomic mass is 35.5. The van der Waals surface area contributed by atoms with E-state index in [0.29, 0.717) is 21.9 Å². The molecule has 0 saturated heterocycles. The van der Waals surface area contributed by atoms with Gasteiger partial charge >= 0.3 is 0 Å². The normalized spacial score (nSPS) is 10.1. The number of guanidine groups is 2. The molecular formula is C20H26ClN9. The third-order valence-electron chi connectivity index (χ3n) is 4.16. The van der Waals surface area contributed by atoms with Crippen molar-refractivity contribution in [1.29, 1.82) is 5.41 Å². The van der Waals surface area contributed by atoms with E-state index >= 15 is 0 Å². The van der Waals surface area contributed by atoms with Crippen LogP contribution in [0, 0.1) is 5.41 Å². The van der Waals surface area contributed by atoms with Gasteiger partial charge in [-0.25, -0.2) is 9.97 Å². The molecule has 10 heteroatoms. The first-order chi connectivity index (χ1) is 14.2. The van der Waals surface area contributed by atoms with E-state index in [9.17, 15) is 0 Å². The lowest BCUT2D eigenvalue weighted by Gasteiger charge is -2.16. The number of aromatic nitrogens is 2. The fraction of sp³-hybridized carbons (Fsp3) is 0.200. The molecule has 0 bridgehead atoms. The van der Waals surface area contributed by atoms with E-state index in [1.54, 1.807) is 29.2 Å². The summed E-state index contributed by atoms with van der Waals surface area (Å²) >= 11 is 6.08. The van der Waals surface area contributed by atoms with Crippen LogP contribution in [-0.4, -0.2) is 39.9 Å². The van der Waals surface area contributed by atoms with Crippen LogP contribution >= 0.6 is 11.6 Å². The number of nitrogen functional groups attached to an aromatic ring is 1. The molecular weight excluding hydrogens is 402 g/mol. The molecule has 3 aromatic rings. The van der Waals surface area contributed by atoms with E-state index in [1.807, 2.05) is 32.0 Å². The van der Waals surface area contributed by atoms with E-state index in [1.165, 1.54) is 0 Å². The van der Waals surface area contributed by atoms with E-state index in [2.05, 4.69) is 15.0 Å².